The van der Waals surface area contributed by atoms with Gasteiger partial charge in [-0.05, 0) is 48.9 Å². The first-order valence-corrected chi connectivity index (χ1v) is 10.4. The van der Waals surface area contributed by atoms with Crippen LogP contribution in [-0.2, 0) is 11.2 Å². The van der Waals surface area contributed by atoms with Crippen molar-refractivity contribution < 1.29 is 14.3 Å². The second kappa shape index (κ2) is 7.25. The summed E-state index contributed by atoms with van der Waals surface area (Å²) in [7, 11) is 1.38. The third-order valence-corrected chi connectivity index (χ3v) is 6.54. The van der Waals surface area contributed by atoms with Gasteiger partial charge in [-0.2, -0.15) is 11.3 Å². The van der Waals surface area contributed by atoms with Gasteiger partial charge in [-0.1, -0.05) is 6.07 Å². The van der Waals surface area contributed by atoms with Gasteiger partial charge >= 0.3 is 5.97 Å². The molecule has 5 nitrogen and oxygen atoms in total. The van der Waals surface area contributed by atoms with Crippen LogP contribution in [0.4, 0.5) is 5.69 Å². The third kappa shape index (κ3) is 3.17. The molecule has 0 bridgehead atoms. The summed E-state index contributed by atoms with van der Waals surface area (Å²) >= 11 is 3.03. The molecule has 0 N–H and O–H groups in total. The lowest BCUT2D eigenvalue weighted by molar-refractivity contribution is 0.0599. The Kier molecular flexibility index (Phi) is 4.80. The Balaban J connectivity index is 1.72. The highest BCUT2D eigenvalue weighted by Crippen LogP contribution is 2.35. The fourth-order valence-corrected chi connectivity index (χ4v) is 5.09. The number of carbonyl (C=O) groups is 2. The van der Waals surface area contributed by atoms with E-state index in [0.717, 1.165) is 40.4 Å². The maximum Gasteiger partial charge on any atom is 0.338 e. The van der Waals surface area contributed by atoms with Crippen molar-refractivity contribution in [2.75, 3.05) is 18.6 Å². The lowest BCUT2D eigenvalue weighted by atomic mass is 9.96. The molecule has 3 aromatic rings. The molecule has 0 radical (unpaired) electrons. The molecule has 0 unspecified atom stereocenters. The minimum atomic E-state index is -0.366. The Morgan fingerprint density at radius 3 is 2.85 bits per heavy atom. The molecular weight excluding hydrogens is 380 g/mol. The number of nitrogens with zero attached hydrogens (tertiary/aromatic N) is 2. The number of benzene rings is 1. The van der Waals surface area contributed by atoms with E-state index in [2.05, 4.69) is 4.98 Å². The Morgan fingerprint density at radius 1 is 1.26 bits per heavy atom. The first kappa shape index (κ1) is 17.9. The highest BCUT2D eigenvalue weighted by atomic mass is 32.1. The van der Waals surface area contributed by atoms with Crippen molar-refractivity contribution in [1.29, 1.82) is 0 Å². The van der Waals surface area contributed by atoms with Gasteiger partial charge < -0.3 is 9.64 Å². The standard InChI is InChI=1S/C20H18N2O3S2/c1-12-17(27-18(21-12)13-8-10-26-11-13)19(23)22-9-4-6-14-15(20(24)25-2)5-3-7-16(14)22/h3,5,7-8,10-11H,4,6,9H2,1-2H3. The second-order valence-electron chi connectivity index (χ2n) is 6.30. The average molecular weight is 399 g/mol. The number of hydrogen-bond donors (Lipinski definition) is 0. The fourth-order valence-electron chi connectivity index (χ4n) is 3.36. The number of methoxy groups -OCH3 is 1. The van der Waals surface area contributed by atoms with Crippen LogP contribution < -0.4 is 4.90 Å². The van der Waals surface area contributed by atoms with Crippen LogP contribution in [0.5, 0.6) is 0 Å². The summed E-state index contributed by atoms with van der Waals surface area (Å²) in [4.78, 5) is 32.4. The largest absolute Gasteiger partial charge is 0.465 e. The minimum Gasteiger partial charge on any atom is -0.465 e. The van der Waals surface area contributed by atoms with E-state index >= 15 is 0 Å². The van der Waals surface area contributed by atoms with E-state index in [1.165, 1.54) is 18.4 Å². The van der Waals surface area contributed by atoms with E-state index in [4.69, 9.17) is 4.74 Å². The highest BCUT2D eigenvalue weighted by molar-refractivity contribution is 7.17. The van der Waals surface area contributed by atoms with Crippen LogP contribution in [0.25, 0.3) is 10.6 Å². The molecule has 2 aromatic heterocycles. The Bertz CT molecular complexity index is 1010. The van der Waals surface area contributed by atoms with E-state index in [9.17, 15) is 9.59 Å². The van der Waals surface area contributed by atoms with Gasteiger partial charge in [0, 0.05) is 23.2 Å². The third-order valence-electron chi connectivity index (χ3n) is 4.66. The SMILES string of the molecule is COC(=O)c1cccc2c1CCCN2C(=O)c1sc(-c2ccsc2)nc1C. The summed E-state index contributed by atoms with van der Waals surface area (Å²) in [5, 5.41) is 4.89. The molecule has 0 spiro atoms. The molecule has 3 heterocycles. The number of hydrogen-bond acceptors (Lipinski definition) is 6. The van der Waals surface area contributed by atoms with Crippen LogP contribution in [0, 0.1) is 6.92 Å². The highest BCUT2D eigenvalue weighted by Gasteiger charge is 2.29. The van der Waals surface area contributed by atoms with Crippen LogP contribution >= 0.6 is 22.7 Å². The number of thiazole rings is 1. The number of aromatic nitrogens is 1. The first-order valence-electron chi connectivity index (χ1n) is 8.62. The monoisotopic (exact) mass is 398 g/mol. The van der Waals surface area contributed by atoms with E-state index < -0.39 is 0 Å². The molecule has 0 aliphatic carbocycles. The topological polar surface area (TPSA) is 59.5 Å². The number of thiophene rings is 1. The van der Waals surface area contributed by atoms with Gasteiger partial charge in [-0.25, -0.2) is 9.78 Å². The van der Waals surface area contributed by atoms with Crippen LogP contribution in [0.15, 0.2) is 35.0 Å². The van der Waals surface area contributed by atoms with E-state index in [1.54, 1.807) is 28.4 Å². The molecule has 0 fully saturated rings. The lowest BCUT2D eigenvalue weighted by Crippen LogP contribution is -2.36. The van der Waals surface area contributed by atoms with Crippen molar-refractivity contribution in [3.8, 4) is 10.6 Å². The summed E-state index contributed by atoms with van der Waals surface area (Å²) in [6.07, 6.45) is 1.56. The van der Waals surface area contributed by atoms with Gasteiger partial charge in [0.1, 0.15) is 9.88 Å². The molecule has 1 aromatic carbocycles. The van der Waals surface area contributed by atoms with Crippen LogP contribution in [0.1, 0.15) is 37.7 Å². The van der Waals surface area contributed by atoms with Gasteiger partial charge in [-0.3, -0.25) is 4.79 Å². The molecule has 0 atom stereocenters. The smallest absolute Gasteiger partial charge is 0.338 e. The first-order chi connectivity index (χ1) is 13.1. The summed E-state index contributed by atoms with van der Waals surface area (Å²) in [6.45, 7) is 2.50. The van der Waals surface area contributed by atoms with Gasteiger partial charge in [-0.15, -0.1) is 11.3 Å². The van der Waals surface area contributed by atoms with Gasteiger partial charge in [0.25, 0.3) is 5.91 Å². The van der Waals surface area contributed by atoms with Crippen LogP contribution in [0.2, 0.25) is 0 Å². The molecule has 7 heteroatoms. The van der Waals surface area contributed by atoms with Crippen molar-refractivity contribution in [2.45, 2.75) is 19.8 Å². The van der Waals surface area contributed by atoms with Crippen molar-refractivity contribution in [3.05, 3.63) is 56.7 Å². The van der Waals surface area contributed by atoms with Crippen molar-refractivity contribution in [3.63, 3.8) is 0 Å². The van der Waals surface area contributed by atoms with Gasteiger partial charge in [0.15, 0.2) is 0 Å². The van der Waals surface area contributed by atoms with Crippen LogP contribution in [-0.4, -0.2) is 30.5 Å². The maximum atomic E-state index is 13.3. The zero-order valence-electron chi connectivity index (χ0n) is 15.0. The number of aryl methyl sites for hydroxylation is 1. The molecule has 4 rings (SSSR count). The number of amides is 1. The number of rotatable bonds is 3. The molecule has 1 aliphatic heterocycles. The molecule has 1 amide bonds. The quantitative estimate of drug-likeness (QED) is 0.607. The number of anilines is 1. The summed E-state index contributed by atoms with van der Waals surface area (Å²) in [5.41, 5.74) is 3.98. The number of ether oxygens (including phenoxy) is 1. The van der Waals surface area contributed by atoms with E-state index in [-0.39, 0.29) is 11.9 Å². The van der Waals surface area contributed by atoms with E-state index in [1.807, 2.05) is 29.8 Å². The van der Waals surface area contributed by atoms with Crippen molar-refractivity contribution in [2.24, 2.45) is 0 Å². The summed E-state index contributed by atoms with van der Waals surface area (Å²) < 4.78 is 4.90. The Morgan fingerprint density at radius 2 is 2.11 bits per heavy atom. The zero-order chi connectivity index (χ0) is 19.0. The number of fused-ring (bicyclic) bond motifs is 1. The molecule has 0 saturated heterocycles. The molecule has 0 saturated carbocycles. The second-order valence-corrected chi connectivity index (χ2v) is 8.08. The molecule has 138 valence electrons. The molecule has 1 aliphatic rings. The normalized spacial score (nSPS) is 13.3. The van der Waals surface area contributed by atoms with Crippen molar-refractivity contribution in [1.82, 2.24) is 4.98 Å². The molecule has 27 heavy (non-hydrogen) atoms. The predicted octanol–water partition coefficient (Wildman–Crippen LogP) is 4.56. The minimum absolute atomic E-state index is 0.0607. The number of esters is 1. The molecular formula is C20H18N2O3S2. The zero-order valence-corrected chi connectivity index (χ0v) is 16.7. The Labute approximate surface area is 165 Å². The van der Waals surface area contributed by atoms with Crippen molar-refractivity contribution >= 4 is 40.2 Å². The van der Waals surface area contributed by atoms with Gasteiger partial charge in [0.2, 0.25) is 0 Å². The lowest BCUT2D eigenvalue weighted by Gasteiger charge is -2.30. The van der Waals surface area contributed by atoms with E-state index in [0.29, 0.717) is 17.0 Å². The fraction of sp³-hybridized carbons (Fsp3) is 0.250. The summed E-state index contributed by atoms with van der Waals surface area (Å²) in [6, 6.07) is 7.46. The summed E-state index contributed by atoms with van der Waals surface area (Å²) in [5.74, 6) is -0.427. The Hall–Kier alpha value is -2.51. The van der Waals surface area contributed by atoms with Crippen LogP contribution in [0.3, 0.4) is 0 Å². The predicted molar refractivity (Wildman–Crippen MR) is 108 cm³/mol. The maximum absolute atomic E-state index is 13.3. The van der Waals surface area contributed by atoms with Gasteiger partial charge in [0.05, 0.1) is 18.4 Å². The average Bonchev–Trinajstić information content (AvgIpc) is 3.35. The number of carbonyl (C=O) groups excluding carboxylic acids is 2.